The van der Waals surface area contributed by atoms with Crippen LogP contribution in [0.2, 0.25) is 0 Å². The molecule has 1 aromatic heterocycles. The van der Waals surface area contributed by atoms with E-state index >= 15 is 0 Å². The summed E-state index contributed by atoms with van der Waals surface area (Å²) < 4.78 is 5.11. The van der Waals surface area contributed by atoms with Crippen molar-refractivity contribution >= 4 is 17.5 Å². The smallest absolute Gasteiger partial charge is 0.254 e. The predicted molar refractivity (Wildman–Crippen MR) is 96.5 cm³/mol. The first kappa shape index (κ1) is 17.8. The molecule has 0 bridgehead atoms. The van der Waals surface area contributed by atoms with E-state index in [0.29, 0.717) is 29.5 Å². The van der Waals surface area contributed by atoms with Gasteiger partial charge in [0.25, 0.3) is 5.91 Å². The van der Waals surface area contributed by atoms with Crippen LogP contribution in [0.3, 0.4) is 0 Å². The Morgan fingerprint density at radius 3 is 2.92 bits per heavy atom. The van der Waals surface area contributed by atoms with E-state index in [1.165, 1.54) is 6.08 Å². The van der Waals surface area contributed by atoms with E-state index in [0.717, 1.165) is 25.7 Å². The van der Waals surface area contributed by atoms with Crippen molar-refractivity contribution in [2.45, 2.75) is 38.6 Å². The lowest BCUT2D eigenvalue weighted by molar-refractivity contribution is -0.111. The Labute approximate surface area is 152 Å². The third kappa shape index (κ3) is 3.99. The molecule has 3 rings (SSSR count). The molecule has 1 atom stereocenters. The number of rotatable bonds is 4. The van der Waals surface area contributed by atoms with E-state index in [2.05, 4.69) is 22.0 Å². The molecule has 0 aliphatic carbocycles. The summed E-state index contributed by atoms with van der Waals surface area (Å²) >= 11 is 0. The lowest BCUT2D eigenvalue weighted by atomic mass is 10.1. The van der Waals surface area contributed by atoms with E-state index in [9.17, 15) is 9.59 Å². The third-order valence-electron chi connectivity index (χ3n) is 4.42. The maximum Gasteiger partial charge on any atom is 0.254 e. The van der Waals surface area contributed by atoms with Gasteiger partial charge in [-0.15, -0.1) is 0 Å². The minimum Gasteiger partial charge on any atom is -0.340 e. The Bertz CT molecular complexity index is 815. The maximum absolute atomic E-state index is 13.2. The monoisotopic (exact) mass is 354 g/mol. The molecule has 136 valence electrons. The SMILES string of the molecule is C=CC(=O)Nc1cccc(C(=O)N2CCCCCC2c2noc(C)n2)c1. The molecule has 0 saturated carbocycles. The minimum atomic E-state index is -0.315. The first-order valence-electron chi connectivity index (χ1n) is 8.73. The van der Waals surface area contributed by atoms with Crippen LogP contribution in [0, 0.1) is 6.92 Å². The van der Waals surface area contributed by atoms with E-state index in [4.69, 9.17) is 4.52 Å². The Kier molecular flexibility index (Phi) is 5.46. The van der Waals surface area contributed by atoms with Crippen LogP contribution < -0.4 is 5.32 Å². The summed E-state index contributed by atoms with van der Waals surface area (Å²) in [4.78, 5) is 30.8. The molecule has 2 amide bonds. The van der Waals surface area contributed by atoms with Gasteiger partial charge in [-0.05, 0) is 37.1 Å². The van der Waals surface area contributed by atoms with Crippen LogP contribution in [0.4, 0.5) is 5.69 Å². The molecule has 2 heterocycles. The zero-order valence-corrected chi connectivity index (χ0v) is 14.8. The molecule has 1 fully saturated rings. The van der Waals surface area contributed by atoms with Crippen molar-refractivity contribution in [2.24, 2.45) is 0 Å². The maximum atomic E-state index is 13.2. The van der Waals surface area contributed by atoms with Crippen LogP contribution >= 0.6 is 0 Å². The number of carbonyl (C=O) groups excluding carboxylic acids is 2. The van der Waals surface area contributed by atoms with Crippen LogP contribution in [0.25, 0.3) is 0 Å². The van der Waals surface area contributed by atoms with Gasteiger partial charge >= 0.3 is 0 Å². The highest BCUT2D eigenvalue weighted by Gasteiger charge is 2.30. The molecule has 1 aliphatic rings. The van der Waals surface area contributed by atoms with Crippen molar-refractivity contribution < 1.29 is 14.1 Å². The molecule has 7 nitrogen and oxygen atoms in total. The highest BCUT2D eigenvalue weighted by Crippen LogP contribution is 2.30. The standard InChI is InChI=1S/C19H22N4O3/c1-3-17(24)21-15-9-7-8-14(12-15)19(25)23-11-6-4-5-10-16(23)18-20-13(2)26-22-18/h3,7-9,12,16H,1,4-6,10-11H2,2H3,(H,21,24). The molecule has 1 aromatic carbocycles. The van der Waals surface area contributed by atoms with Gasteiger partial charge < -0.3 is 14.7 Å². The van der Waals surface area contributed by atoms with Crippen molar-refractivity contribution in [3.63, 3.8) is 0 Å². The average Bonchev–Trinajstić information content (AvgIpc) is 2.93. The lowest BCUT2D eigenvalue weighted by Gasteiger charge is -2.28. The van der Waals surface area contributed by atoms with Gasteiger partial charge in [0.05, 0.1) is 6.04 Å². The second-order valence-corrected chi connectivity index (χ2v) is 6.31. The van der Waals surface area contributed by atoms with E-state index in [1.807, 2.05) is 4.90 Å². The Morgan fingerprint density at radius 2 is 2.19 bits per heavy atom. The minimum absolute atomic E-state index is 0.103. The summed E-state index contributed by atoms with van der Waals surface area (Å²) in [6.45, 7) is 5.81. The number of aromatic nitrogens is 2. The molecule has 26 heavy (non-hydrogen) atoms. The highest BCUT2D eigenvalue weighted by atomic mass is 16.5. The van der Waals surface area contributed by atoms with E-state index < -0.39 is 0 Å². The van der Waals surface area contributed by atoms with Gasteiger partial charge in [-0.2, -0.15) is 4.98 Å². The zero-order chi connectivity index (χ0) is 18.5. The fourth-order valence-electron chi connectivity index (χ4n) is 3.16. The third-order valence-corrected chi connectivity index (χ3v) is 4.42. The Morgan fingerprint density at radius 1 is 1.35 bits per heavy atom. The first-order valence-corrected chi connectivity index (χ1v) is 8.73. The fourth-order valence-corrected chi connectivity index (χ4v) is 3.16. The highest BCUT2D eigenvalue weighted by molar-refractivity contribution is 6.00. The number of likely N-dealkylation sites (tertiary alicyclic amines) is 1. The van der Waals surface area contributed by atoms with Crippen LogP contribution in [0.5, 0.6) is 0 Å². The van der Waals surface area contributed by atoms with Crippen LogP contribution in [-0.4, -0.2) is 33.4 Å². The van der Waals surface area contributed by atoms with Gasteiger partial charge in [-0.1, -0.05) is 30.6 Å². The summed E-state index contributed by atoms with van der Waals surface area (Å²) in [5, 5.41) is 6.71. The summed E-state index contributed by atoms with van der Waals surface area (Å²) in [6.07, 6.45) is 5.01. The second-order valence-electron chi connectivity index (χ2n) is 6.31. The molecule has 2 aromatic rings. The summed E-state index contributed by atoms with van der Waals surface area (Å²) in [7, 11) is 0. The fraction of sp³-hybridized carbons (Fsp3) is 0.368. The molecular formula is C19H22N4O3. The summed E-state index contributed by atoms with van der Waals surface area (Å²) in [5.74, 6) is 0.623. The molecule has 0 spiro atoms. The van der Waals surface area contributed by atoms with Gasteiger partial charge in [0, 0.05) is 24.7 Å². The van der Waals surface area contributed by atoms with Gasteiger partial charge in [0.2, 0.25) is 11.8 Å². The van der Waals surface area contributed by atoms with Crippen LogP contribution in [-0.2, 0) is 4.79 Å². The van der Waals surface area contributed by atoms with Crippen molar-refractivity contribution in [1.82, 2.24) is 15.0 Å². The number of amides is 2. The second kappa shape index (κ2) is 7.95. The average molecular weight is 354 g/mol. The number of hydrogen-bond acceptors (Lipinski definition) is 5. The largest absolute Gasteiger partial charge is 0.340 e. The molecule has 1 N–H and O–H groups in total. The quantitative estimate of drug-likeness (QED) is 0.852. The van der Waals surface area contributed by atoms with E-state index in [-0.39, 0.29) is 17.9 Å². The molecule has 1 aliphatic heterocycles. The van der Waals surface area contributed by atoms with Gasteiger partial charge in [-0.3, -0.25) is 9.59 Å². The number of nitrogens with zero attached hydrogens (tertiary/aromatic N) is 3. The van der Waals surface area contributed by atoms with Crippen LogP contribution in [0.1, 0.15) is 53.8 Å². The number of hydrogen-bond donors (Lipinski definition) is 1. The lowest BCUT2D eigenvalue weighted by Crippen LogP contribution is -2.35. The molecule has 1 unspecified atom stereocenters. The predicted octanol–water partition coefficient (Wildman–Crippen LogP) is 3.26. The molecule has 1 saturated heterocycles. The van der Waals surface area contributed by atoms with Crippen molar-refractivity contribution in [3.05, 3.63) is 54.2 Å². The number of aryl methyl sites for hydroxylation is 1. The van der Waals surface area contributed by atoms with Crippen molar-refractivity contribution in [2.75, 3.05) is 11.9 Å². The molecule has 0 radical (unpaired) electrons. The summed E-state index contributed by atoms with van der Waals surface area (Å²) in [6, 6.07) is 6.70. The first-order chi connectivity index (χ1) is 12.6. The van der Waals surface area contributed by atoms with Crippen LogP contribution in [0.15, 0.2) is 41.4 Å². The van der Waals surface area contributed by atoms with Crippen molar-refractivity contribution in [1.29, 1.82) is 0 Å². The summed E-state index contributed by atoms with van der Waals surface area (Å²) in [5.41, 5.74) is 1.07. The zero-order valence-electron chi connectivity index (χ0n) is 14.8. The normalized spacial score (nSPS) is 17.4. The Balaban J connectivity index is 1.87. The number of carbonyl (C=O) groups is 2. The van der Waals surface area contributed by atoms with Gasteiger partial charge in [0.1, 0.15) is 0 Å². The van der Waals surface area contributed by atoms with E-state index in [1.54, 1.807) is 31.2 Å². The van der Waals surface area contributed by atoms with Crippen molar-refractivity contribution in [3.8, 4) is 0 Å². The topological polar surface area (TPSA) is 88.3 Å². The Hall–Kier alpha value is -2.96. The van der Waals surface area contributed by atoms with Gasteiger partial charge in [-0.25, -0.2) is 0 Å². The molecular weight excluding hydrogens is 332 g/mol. The number of anilines is 1. The number of benzene rings is 1. The number of nitrogens with one attached hydrogen (secondary N) is 1. The van der Waals surface area contributed by atoms with Gasteiger partial charge in [0.15, 0.2) is 5.82 Å². The molecule has 7 heteroatoms.